The van der Waals surface area contributed by atoms with Crippen LogP contribution in [-0.2, 0) is 5.41 Å². The van der Waals surface area contributed by atoms with Gasteiger partial charge in [-0.2, -0.15) is 4.98 Å². The van der Waals surface area contributed by atoms with E-state index in [2.05, 4.69) is 15.9 Å². The molecule has 0 amide bonds. The van der Waals surface area contributed by atoms with Gasteiger partial charge in [0.1, 0.15) is 11.0 Å². The second-order valence-corrected chi connectivity index (χ2v) is 5.30. The lowest BCUT2D eigenvalue weighted by Gasteiger charge is -2.19. The molecule has 1 aromatic heterocycles. The van der Waals surface area contributed by atoms with Crippen molar-refractivity contribution in [3.8, 4) is 18.2 Å². The summed E-state index contributed by atoms with van der Waals surface area (Å²) in [5, 5.41) is 0.407. The van der Waals surface area contributed by atoms with Crippen molar-refractivity contribution in [3.05, 3.63) is 16.5 Å². The van der Waals surface area contributed by atoms with E-state index in [9.17, 15) is 0 Å². The van der Waals surface area contributed by atoms with Crippen molar-refractivity contribution >= 4 is 11.6 Å². The second-order valence-electron chi connectivity index (χ2n) is 4.94. The molecule has 0 fully saturated rings. The van der Waals surface area contributed by atoms with E-state index in [0.717, 1.165) is 0 Å². The third-order valence-electron chi connectivity index (χ3n) is 2.24. The highest BCUT2D eigenvalue weighted by Gasteiger charge is 2.21. The zero-order valence-corrected chi connectivity index (χ0v) is 11.6. The largest absolute Gasteiger partial charge is 0.461 e. The maximum atomic E-state index is 6.07. The highest BCUT2D eigenvalue weighted by Crippen LogP contribution is 2.27. The van der Waals surface area contributed by atoms with Crippen molar-refractivity contribution in [3.63, 3.8) is 0 Å². The Morgan fingerprint density at radius 3 is 2.41 bits per heavy atom. The molecule has 1 heterocycles. The number of rotatable bonds is 2. The van der Waals surface area contributed by atoms with Crippen molar-refractivity contribution in [1.82, 2.24) is 9.97 Å². The maximum Gasteiger partial charge on any atom is 0.222 e. The lowest BCUT2D eigenvalue weighted by atomic mass is 9.96. The van der Waals surface area contributed by atoms with Gasteiger partial charge in [0.05, 0.1) is 0 Å². The Balaban J connectivity index is 3.22. The number of aromatic nitrogens is 2. The van der Waals surface area contributed by atoms with Gasteiger partial charge >= 0.3 is 0 Å². The zero-order chi connectivity index (χ0) is 13.2. The molecule has 0 aliphatic carbocycles. The summed E-state index contributed by atoms with van der Waals surface area (Å²) in [6, 6.07) is 0. The van der Waals surface area contributed by atoms with Crippen molar-refractivity contribution in [1.29, 1.82) is 0 Å². The highest BCUT2D eigenvalue weighted by atomic mass is 35.5. The van der Waals surface area contributed by atoms with E-state index < -0.39 is 0 Å². The average molecular weight is 253 g/mol. The molecular weight excluding hydrogens is 236 g/mol. The summed E-state index contributed by atoms with van der Waals surface area (Å²) in [7, 11) is 0. The Labute approximate surface area is 108 Å². The van der Waals surface area contributed by atoms with Gasteiger partial charge in [-0.15, -0.1) is 6.42 Å². The van der Waals surface area contributed by atoms with Crippen LogP contribution < -0.4 is 4.74 Å². The topological polar surface area (TPSA) is 35.0 Å². The van der Waals surface area contributed by atoms with Gasteiger partial charge in [-0.3, -0.25) is 0 Å². The molecule has 3 nitrogen and oxygen atoms in total. The molecule has 0 spiro atoms. The summed E-state index contributed by atoms with van der Waals surface area (Å²) < 4.78 is 5.54. The van der Waals surface area contributed by atoms with Gasteiger partial charge in [-0.05, 0) is 13.8 Å². The Bertz CT molecular complexity index is 458. The molecule has 17 heavy (non-hydrogen) atoms. The fourth-order valence-electron chi connectivity index (χ4n) is 1.12. The molecule has 1 atom stereocenters. The van der Waals surface area contributed by atoms with Crippen LogP contribution in [-0.4, -0.2) is 16.1 Å². The van der Waals surface area contributed by atoms with E-state index in [1.165, 1.54) is 0 Å². The molecule has 0 aliphatic heterocycles. The third-order valence-corrected chi connectivity index (χ3v) is 2.60. The first-order chi connectivity index (χ1) is 7.75. The Morgan fingerprint density at radius 1 is 1.35 bits per heavy atom. The van der Waals surface area contributed by atoms with E-state index >= 15 is 0 Å². The molecule has 1 unspecified atom stereocenters. The normalized spacial score (nSPS) is 13.0. The van der Waals surface area contributed by atoms with E-state index in [1.54, 1.807) is 6.92 Å². The van der Waals surface area contributed by atoms with Gasteiger partial charge in [0.15, 0.2) is 6.10 Å². The van der Waals surface area contributed by atoms with Crippen LogP contribution in [0.3, 0.4) is 0 Å². The molecule has 4 heteroatoms. The number of terminal acetylenes is 1. The van der Waals surface area contributed by atoms with Crippen LogP contribution in [0, 0.1) is 19.3 Å². The van der Waals surface area contributed by atoms with Crippen molar-refractivity contribution in [2.24, 2.45) is 0 Å². The molecule has 0 saturated heterocycles. The fraction of sp³-hybridized carbons (Fsp3) is 0.538. The molecular formula is C13H17ClN2O. The predicted molar refractivity (Wildman–Crippen MR) is 69.4 cm³/mol. The summed E-state index contributed by atoms with van der Waals surface area (Å²) >= 11 is 6.07. The van der Waals surface area contributed by atoms with Crippen LogP contribution in [0.4, 0.5) is 0 Å². The Hall–Kier alpha value is -1.27. The summed E-state index contributed by atoms with van der Waals surface area (Å²) in [4.78, 5) is 8.64. The maximum absolute atomic E-state index is 6.07. The number of nitrogens with zero attached hydrogens (tertiary/aromatic N) is 2. The summed E-state index contributed by atoms with van der Waals surface area (Å²) in [5.41, 5.74) is 0.524. The van der Waals surface area contributed by atoms with Crippen molar-refractivity contribution < 1.29 is 4.74 Å². The molecule has 0 N–H and O–H groups in total. The molecule has 1 aromatic rings. The van der Waals surface area contributed by atoms with Crippen LogP contribution in [0.5, 0.6) is 5.88 Å². The van der Waals surface area contributed by atoms with Gasteiger partial charge < -0.3 is 4.74 Å². The van der Waals surface area contributed by atoms with E-state index in [4.69, 9.17) is 22.8 Å². The second kappa shape index (κ2) is 4.93. The standard InChI is InChI=1S/C13H17ClN2O/c1-7-8(2)17-11-9(3)10(14)15-12(16-11)13(4,5)6/h1,8H,2-6H3. The first-order valence-electron chi connectivity index (χ1n) is 5.43. The van der Waals surface area contributed by atoms with Crippen LogP contribution in [0.2, 0.25) is 5.15 Å². The smallest absolute Gasteiger partial charge is 0.222 e. The Kier molecular flexibility index (Phi) is 4.00. The number of hydrogen-bond donors (Lipinski definition) is 0. The lowest BCUT2D eigenvalue weighted by Crippen LogP contribution is -2.19. The van der Waals surface area contributed by atoms with Gasteiger partial charge in [0.2, 0.25) is 5.88 Å². The van der Waals surface area contributed by atoms with Crippen LogP contribution >= 0.6 is 11.6 Å². The van der Waals surface area contributed by atoms with Gasteiger partial charge in [-0.25, -0.2) is 4.98 Å². The SMILES string of the molecule is C#CC(C)Oc1nc(C(C)(C)C)nc(Cl)c1C. The summed E-state index contributed by atoms with van der Waals surface area (Å²) in [6.07, 6.45) is 4.94. The minimum Gasteiger partial charge on any atom is -0.461 e. The monoisotopic (exact) mass is 252 g/mol. The quantitative estimate of drug-likeness (QED) is 0.599. The van der Waals surface area contributed by atoms with Crippen LogP contribution in [0.15, 0.2) is 0 Å². The first kappa shape index (κ1) is 13.8. The molecule has 0 saturated carbocycles. The van der Waals surface area contributed by atoms with Crippen LogP contribution in [0.25, 0.3) is 0 Å². The average Bonchev–Trinajstić information content (AvgIpc) is 2.22. The fourth-order valence-corrected chi connectivity index (χ4v) is 1.28. The molecule has 0 bridgehead atoms. The lowest BCUT2D eigenvalue weighted by molar-refractivity contribution is 0.262. The van der Waals surface area contributed by atoms with Crippen LogP contribution in [0.1, 0.15) is 39.1 Å². The number of halogens is 1. The number of hydrogen-bond acceptors (Lipinski definition) is 3. The minimum absolute atomic E-state index is 0.186. The van der Waals surface area contributed by atoms with Gasteiger partial charge in [0.25, 0.3) is 0 Å². The van der Waals surface area contributed by atoms with Gasteiger partial charge in [0, 0.05) is 11.0 Å². The highest BCUT2D eigenvalue weighted by molar-refractivity contribution is 6.30. The van der Waals surface area contributed by atoms with E-state index in [1.807, 2.05) is 27.7 Å². The van der Waals surface area contributed by atoms with E-state index in [-0.39, 0.29) is 11.5 Å². The molecule has 92 valence electrons. The zero-order valence-electron chi connectivity index (χ0n) is 10.8. The molecule has 1 rings (SSSR count). The van der Waals surface area contributed by atoms with Gasteiger partial charge in [-0.1, -0.05) is 38.3 Å². The first-order valence-corrected chi connectivity index (χ1v) is 5.81. The minimum atomic E-state index is -0.340. The van der Waals surface area contributed by atoms with Crippen molar-refractivity contribution in [2.75, 3.05) is 0 Å². The third kappa shape index (κ3) is 3.34. The van der Waals surface area contributed by atoms with E-state index in [0.29, 0.717) is 22.4 Å². The predicted octanol–water partition coefficient (Wildman–Crippen LogP) is 3.14. The molecule has 0 aromatic carbocycles. The summed E-state index contributed by atoms with van der Waals surface area (Å²) in [5.74, 6) is 3.60. The molecule has 0 radical (unpaired) electrons. The van der Waals surface area contributed by atoms with Crippen molar-refractivity contribution in [2.45, 2.75) is 46.1 Å². The Morgan fingerprint density at radius 2 is 1.94 bits per heavy atom. The summed E-state index contributed by atoms with van der Waals surface area (Å²) in [6.45, 7) is 9.65. The number of ether oxygens (including phenoxy) is 1. The molecule has 0 aliphatic rings.